The van der Waals surface area contributed by atoms with Crippen molar-refractivity contribution in [3.8, 4) is 0 Å². The molecule has 0 saturated carbocycles. The zero-order valence-electron chi connectivity index (χ0n) is 16.2. The van der Waals surface area contributed by atoms with E-state index < -0.39 is 5.82 Å². The third-order valence-electron chi connectivity index (χ3n) is 5.07. The second kappa shape index (κ2) is 9.77. The molecule has 6 heteroatoms. The molecule has 0 aromatic heterocycles. The predicted molar refractivity (Wildman–Crippen MR) is 116 cm³/mol. The number of hydrogen-bond donors (Lipinski definition) is 2. The molecule has 1 amide bonds. The van der Waals surface area contributed by atoms with Gasteiger partial charge in [0.15, 0.2) is 0 Å². The van der Waals surface area contributed by atoms with Crippen LogP contribution < -0.4 is 10.6 Å². The molecule has 150 valence electrons. The van der Waals surface area contributed by atoms with Crippen molar-refractivity contribution in [1.82, 2.24) is 10.6 Å². The lowest BCUT2D eigenvalue weighted by molar-refractivity contribution is 0.0935. The van der Waals surface area contributed by atoms with Crippen LogP contribution in [0.5, 0.6) is 0 Å². The van der Waals surface area contributed by atoms with Crippen molar-refractivity contribution < 1.29 is 9.18 Å². The SMILES string of the molecule is CCC(C)NC(=O)c1ccc(CS[C@@H]2CNCCc3cc(Cl)ccc32)cc1F. The first kappa shape index (κ1) is 21.2. The van der Waals surface area contributed by atoms with E-state index in [4.69, 9.17) is 11.6 Å². The Morgan fingerprint density at radius 1 is 1.36 bits per heavy atom. The molecule has 2 N–H and O–H groups in total. The topological polar surface area (TPSA) is 41.1 Å². The van der Waals surface area contributed by atoms with E-state index in [1.54, 1.807) is 17.8 Å². The van der Waals surface area contributed by atoms with Crippen molar-refractivity contribution in [2.75, 3.05) is 13.1 Å². The maximum Gasteiger partial charge on any atom is 0.254 e. The summed E-state index contributed by atoms with van der Waals surface area (Å²) in [4.78, 5) is 12.2. The smallest absolute Gasteiger partial charge is 0.254 e. The molecular formula is C22H26ClFN2OS. The highest BCUT2D eigenvalue weighted by Crippen LogP contribution is 2.35. The van der Waals surface area contributed by atoms with E-state index in [0.717, 1.165) is 36.5 Å². The van der Waals surface area contributed by atoms with Gasteiger partial charge in [0.2, 0.25) is 0 Å². The Labute approximate surface area is 175 Å². The molecule has 0 radical (unpaired) electrons. The molecule has 2 aromatic rings. The number of rotatable bonds is 6. The van der Waals surface area contributed by atoms with Crippen LogP contribution in [0.1, 0.15) is 52.6 Å². The minimum atomic E-state index is -0.468. The van der Waals surface area contributed by atoms with Gasteiger partial charge < -0.3 is 10.6 Å². The normalized spacial score (nSPS) is 17.5. The fraction of sp³-hybridized carbons (Fsp3) is 0.409. The average molecular weight is 421 g/mol. The Bertz CT molecular complexity index is 845. The number of nitrogens with one attached hydrogen (secondary N) is 2. The number of benzene rings is 2. The number of fused-ring (bicyclic) bond motifs is 1. The Balaban J connectivity index is 1.68. The van der Waals surface area contributed by atoms with E-state index in [1.165, 1.54) is 17.2 Å². The van der Waals surface area contributed by atoms with Gasteiger partial charge in [-0.3, -0.25) is 4.79 Å². The minimum Gasteiger partial charge on any atom is -0.350 e. The van der Waals surface area contributed by atoms with Crippen LogP contribution in [-0.2, 0) is 12.2 Å². The fourth-order valence-electron chi connectivity index (χ4n) is 3.25. The number of halogens is 2. The van der Waals surface area contributed by atoms with Crippen molar-refractivity contribution >= 4 is 29.3 Å². The number of carbonyl (C=O) groups excluding carboxylic acids is 1. The van der Waals surface area contributed by atoms with Gasteiger partial charge in [-0.2, -0.15) is 0 Å². The van der Waals surface area contributed by atoms with Gasteiger partial charge in [-0.05, 0) is 67.3 Å². The van der Waals surface area contributed by atoms with E-state index in [0.29, 0.717) is 5.75 Å². The zero-order valence-corrected chi connectivity index (χ0v) is 17.8. The largest absolute Gasteiger partial charge is 0.350 e. The maximum atomic E-state index is 14.5. The molecule has 0 spiro atoms. The lowest BCUT2D eigenvalue weighted by Crippen LogP contribution is -2.32. The third-order valence-corrected chi connectivity index (χ3v) is 6.63. The van der Waals surface area contributed by atoms with Crippen molar-refractivity contribution in [3.05, 3.63) is 69.5 Å². The zero-order chi connectivity index (χ0) is 20.1. The molecule has 1 aliphatic heterocycles. The summed E-state index contributed by atoms with van der Waals surface area (Å²) in [5.74, 6) is -0.145. The Hall–Kier alpha value is -1.56. The summed E-state index contributed by atoms with van der Waals surface area (Å²) in [5, 5.41) is 7.32. The first-order chi connectivity index (χ1) is 13.5. The molecule has 2 atom stereocenters. The summed E-state index contributed by atoms with van der Waals surface area (Å²) < 4.78 is 14.5. The van der Waals surface area contributed by atoms with Gasteiger partial charge in [0.1, 0.15) is 5.82 Å². The molecule has 0 saturated heterocycles. The van der Waals surface area contributed by atoms with Crippen molar-refractivity contribution in [2.45, 2.75) is 43.7 Å². The summed E-state index contributed by atoms with van der Waals surface area (Å²) in [6, 6.07) is 11.0. The number of thioether (sulfide) groups is 1. The van der Waals surface area contributed by atoms with Gasteiger partial charge in [0, 0.05) is 28.6 Å². The number of amides is 1. The fourth-order valence-corrected chi connectivity index (χ4v) is 4.67. The lowest BCUT2D eigenvalue weighted by atomic mass is 10.0. The van der Waals surface area contributed by atoms with Crippen LogP contribution in [0.3, 0.4) is 0 Å². The van der Waals surface area contributed by atoms with Crippen LogP contribution in [0.2, 0.25) is 5.02 Å². The molecule has 2 aromatic carbocycles. The molecule has 0 aliphatic carbocycles. The lowest BCUT2D eigenvalue weighted by Gasteiger charge is -2.18. The van der Waals surface area contributed by atoms with Crippen molar-refractivity contribution in [3.63, 3.8) is 0 Å². The number of carbonyl (C=O) groups is 1. The summed E-state index contributed by atoms with van der Waals surface area (Å²) in [6.45, 7) is 5.69. The van der Waals surface area contributed by atoms with Crippen LogP contribution in [0.4, 0.5) is 4.39 Å². The van der Waals surface area contributed by atoms with Crippen LogP contribution in [0.25, 0.3) is 0 Å². The summed E-state index contributed by atoms with van der Waals surface area (Å²) in [5.41, 5.74) is 3.55. The van der Waals surface area contributed by atoms with E-state index in [2.05, 4.69) is 16.7 Å². The molecule has 0 bridgehead atoms. The van der Waals surface area contributed by atoms with E-state index in [-0.39, 0.29) is 22.8 Å². The van der Waals surface area contributed by atoms with Crippen molar-refractivity contribution in [1.29, 1.82) is 0 Å². The van der Waals surface area contributed by atoms with E-state index >= 15 is 0 Å². The van der Waals surface area contributed by atoms with Crippen LogP contribution in [0, 0.1) is 5.82 Å². The molecule has 1 heterocycles. The van der Waals surface area contributed by atoms with Gasteiger partial charge in [0.25, 0.3) is 5.91 Å². The molecule has 3 rings (SSSR count). The van der Waals surface area contributed by atoms with Crippen LogP contribution in [0.15, 0.2) is 36.4 Å². The second-order valence-corrected chi connectivity index (χ2v) is 8.82. The standard InChI is InChI=1S/C22H26ClFN2OS/c1-3-14(2)26-22(27)19-6-4-15(10-20(19)24)13-28-21-12-25-9-8-16-11-17(23)5-7-18(16)21/h4-7,10-11,14,21,25H,3,8-9,12-13H2,1-2H3,(H,26,27)/t14?,21-/m1/s1. The molecule has 1 aliphatic rings. The van der Waals surface area contributed by atoms with Gasteiger partial charge in [-0.15, -0.1) is 11.8 Å². The second-order valence-electron chi connectivity index (χ2n) is 7.19. The molecule has 3 nitrogen and oxygen atoms in total. The summed E-state index contributed by atoms with van der Waals surface area (Å²) in [6.07, 6.45) is 1.77. The Kier molecular flexibility index (Phi) is 7.38. The highest BCUT2D eigenvalue weighted by molar-refractivity contribution is 7.98. The average Bonchev–Trinajstić information content (AvgIpc) is 2.87. The van der Waals surface area contributed by atoms with Crippen LogP contribution in [-0.4, -0.2) is 25.0 Å². The molecular weight excluding hydrogens is 395 g/mol. The van der Waals surface area contributed by atoms with Crippen LogP contribution >= 0.6 is 23.4 Å². The molecule has 28 heavy (non-hydrogen) atoms. The Morgan fingerprint density at radius 3 is 2.93 bits per heavy atom. The summed E-state index contributed by atoms with van der Waals surface area (Å²) >= 11 is 7.92. The molecule has 0 fully saturated rings. The predicted octanol–water partition coefficient (Wildman–Crippen LogP) is 5.13. The Morgan fingerprint density at radius 2 is 2.18 bits per heavy atom. The quantitative estimate of drug-likeness (QED) is 0.680. The number of hydrogen-bond acceptors (Lipinski definition) is 3. The van der Waals surface area contributed by atoms with Gasteiger partial charge >= 0.3 is 0 Å². The van der Waals surface area contributed by atoms with Gasteiger partial charge in [-0.25, -0.2) is 4.39 Å². The third kappa shape index (κ3) is 5.28. The maximum absolute atomic E-state index is 14.5. The highest BCUT2D eigenvalue weighted by atomic mass is 35.5. The minimum absolute atomic E-state index is 0.0263. The molecule has 1 unspecified atom stereocenters. The van der Waals surface area contributed by atoms with E-state index in [1.807, 2.05) is 32.0 Å². The highest BCUT2D eigenvalue weighted by Gasteiger charge is 2.20. The van der Waals surface area contributed by atoms with Gasteiger partial charge in [-0.1, -0.05) is 30.7 Å². The summed E-state index contributed by atoms with van der Waals surface area (Å²) in [7, 11) is 0. The monoisotopic (exact) mass is 420 g/mol. The first-order valence-electron chi connectivity index (χ1n) is 9.68. The first-order valence-corrected chi connectivity index (χ1v) is 11.1. The van der Waals surface area contributed by atoms with E-state index in [9.17, 15) is 9.18 Å². The van der Waals surface area contributed by atoms with Crippen molar-refractivity contribution in [2.24, 2.45) is 0 Å². The van der Waals surface area contributed by atoms with Gasteiger partial charge in [0.05, 0.1) is 5.56 Å².